The molecule has 0 saturated heterocycles. The molecule has 2 aromatic heterocycles. The fourth-order valence-electron chi connectivity index (χ4n) is 4.76. The summed E-state index contributed by atoms with van der Waals surface area (Å²) in [6.45, 7) is 0.974. The Bertz CT molecular complexity index is 1240. The smallest absolute Gasteiger partial charge is 0.404 e. The normalized spacial score (nSPS) is 17.3. The maximum atomic E-state index is 11.6. The van der Waals surface area contributed by atoms with E-state index in [0.29, 0.717) is 36.3 Å². The van der Waals surface area contributed by atoms with Crippen molar-refractivity contribution in [2.24, 2.45) is 5.92 Å². The van der Waals surface area contributed by atoms with Crippen LogP contribution in [0.4, 0.5) is 4.79 Å². The van der Waals surface area contributed by atoms with Crippen LogP contribution in [0.1, 0.15) is 72.6 Å². The van der Waals surface area contributed by atoms with Crippen LogP contribution < -0.4 is 10.1 Å². The van der Waals surface area contributed by atoms with Crippen LogP contribution >= 0.6 is 0 Å². The lowest BCUT2D eigenvalue weighted by Crippen LogP contribution is -2.28. The highest BCUT2D eigenvalue weighted by molar-refractivity contribution is 5.94. The van der Waals surface area contributed by atoms with Crippen molar-refractivity contribution in [2.45, 2.75) is 57.5 Å². The highest BCUT2D eigenvalue weighted by Gasteiger charge is 2.29. The number of amides is 1. The molecule has 0 atom stereocenters. The molecule has 2 saturated carbocycles. The van der Waals surface area contributed by atoms with E-state index in [1.54, 1.807) is 7.11 Å². The molecule has 1 aliphatic heterocycles. The molecular weight excluding hydrogens is 448 g/mol. The van der Waals surface area contributed by atoms with Gasteiger partial charge in [-0.3, -0.25) is 0 Å². The first-order valence-electron chi connectivity index (χ1n) is 12.2. The summed E-state index contributed by atoms with van der Waals surface area (Å²) in [7, 11) is 1.64. The minimum atomic E-state index is -0.893. The summed E-state index contributed by atoms with van der Waals surface area (Å²) in [5.41, 5.74) is 4.17. The number of hydrogen-bond donors (Lipinski definition) is 2. The largest absolute Gasteiger partial charge is 0.493 e. The number of carbonyl (C=O) groups excluding carboxylic acids is 1. The lowest BCUT2D eigenvalue weighted by atomic mass is 9.89. The number of cyclic esters (lactones) is 1. The number of carboxylic acid groups (broad SMARTS) is 1. The third-order valence-electron chi connectivity index (χ3n) is 6.87. The maximum Gasteiger partial charge on any atom is 0.404 e. The lowest BCUT2D eigenvalue weighted by molar-refractivity contribution is 0.0535. The predicted octanol–water partition coefficient (Wildman–Crippen LogP) is 4.79. The van der Waals surface area contributed by atoms with E-state index in [0.717, 1.165) is 41.1 Å². The molecule has 0 radical (unpaired) electrons. The van der Waals surface area contributed by atoms with Crippen LogP contribution in [0.25, 0.3) is 16.9 Å². The molecule has 35 heavy (non-hydrogen) atoms. The first kappa shape index (κ1) is 23.1. The molecule has 2 N–H and O–H groups in total. The van der Waals surface area contributed by atoms with Crippen molar-refractivity contribution in [1.82, 2.24) is 19.9 Å². The van der Waals surface area contributed by atoms with E-state index in [1.807, 2.05) is 34.8 Å². The standard InChI is InChI=1S/C18H15N3O3.C8H15NO2/c1-23-15-7-6-14(21-17(15)19-16(20-21)10-2-3-10)11-4-5-13-12(8-11)9-24-18(13)22;10-8(11)9-6-7-4-2-1-3-5-7/h4-8,10H,2-3,9H2,1H3;7,9H,1-6H2,(H,10,11). The van der Waals surface area contributed by atoms with Gasteiger partial charge in [0, 0.05) is 23.6 Å². The van der Waals surface area contributed by atoms with E-state index in [1.165, 1.54) is 32.1 Å². The molecule has 9 heteroatoms. The number of fused-ring (bicyclic) bond motifs is 2. The van der Waals surface area contributed by atoms with Gasteiger partial charge in [0.2, 0.25) is 0 Å². The van der Waals surface area contributed by atoms with Crippen molar-refractivity contribution in [2.75, 3.05) is 13.7 Å². The highest BCUT2D eigenvalue weighted by Crippen LogP contribution is 2.39. The Balaban J connectivity index is 0.000000195. The van der Waals surface area contributed by atoms with Gasteiger partial charge in [-0.25, -0.2) is 19.1 Å². The van der Waals surface area contributed by atoms with Crippen LogP contribution in [0.2, 0.25) is 0 Å². The predicted molar refractivity (Wildman–Crippen MR) is 129 cm³/mol. The second-order valence-corrected chi connectivity index (χ2v) is 9.40. The zero-order chi connectivity index (χ0) is 24.4. The maximum absolute atomic E-state index is 11.6. The molecule has 1 amide bonds. The SMILES string of the molecule is COc1ccc(-c2ccc3c(c2)COC3=O)n2nc(C3CC3)nc12.O=C(O)NCC1CCCCC1. The fraction of sp³-hybridized carbons (Fsp3) is 0.462. The van der Waals surface area contributed by atoms with Crippen LogP contribution in [0, 0.1) is 5.92 Å². The Morgan fingerprint density at radius 2 is 1.97 bits per heavy atom. The molecule has 9 nitrogen and oxygen atoms in total. The summed E-state index contributed by atoms with van der Waals surface area (Å²) in [5, 5.41) is 15.5. The van der Waals surface area contributed by atoms with Crippen molar-refractivity contribution < 1.29 is 24.2 Å². The first-order valence-corrected chi connectivity index (χ1v) is 12.2. The molecule has 0 bridgehead atoms. The monoisotopic (exact) mass is 478 g/mol. The average Bonchev–Trinajstić information content (AvgIpc) is 3.53. The first-order chi connectivity index (χ1) is 17.0. The second kappa shape index (κ2) is 9.93. The molecule has 184 valence electrons. The summed E-state index contributed by atoms with van der Waals surface area (Å²) in [6, 6.07) is 9.60. The number of nitrogens with zero attached hydrogens (tertiary/aromatic N) is 3. The molecule has 3 aliphatic rings. The molecule has 2 fully saturated rings. The van der Waals surface area contributed by atoms with E-state index < -0.39 is 6.09 Å². The van der Waals surface area contributed by atoms with Gasteiger partial charge >= 0.3 is 12.1 Å². The second-order valence-electron chi connectivity index (χ2n) is 9.40. The van der Waals surface area contributed by atoms with Gasteiger partial charge in [0.25, 0.3) is 0 Å². The molecule has 0 unspecified atom stereocenters. The van der Waals surface area contributed by atoms with E-state index in [2.05, 4.69) is 10.3 Å². The number of esters is 1. The van der Waals surface area contributed by atoms with Gasteiger partial charge in [-0.15, -0.1) is 0 Å². The molecule has 6 rings (SSSR count). The van der Waals surface area contributed by atoms with Crippen molar-refractivity contribution in [1.29, 1.82) is 0 Å². The molecule has 0 spiro atoms. The zero-order valence-electron chi connectivity index (χ0n) is 19.8. The lowest BCUT2D eigenvalue weighted by Gasteiger charge is -2.20. The van der Waals surface area contributed by atoms with E-state index in [-0.39, 0.29) is 5.97 Å². The molecule has 3 aromatic rings. The summed E-state index contributed by atoms with van der Waals surface area (Å²) < 4.78 is 12.4. The number of aromatic nitrogens is 3. The van der Waals surface area contributed by atoms with Crippen molar-refractivity contribution in [3.8, 4) is 17.0 Å². The molecule has 2 aliphatic carbocycles. The number of nitrogens with one attached hydrogen (secondary N) is 1. The van der Waals surface area contributed by atoms with Gasteiger partial charge < -0.3 is 19.9 Å². The summed E-state index contributed by atoms with van der Waals surface area (Å²) in [6.07, 6.45) is 7.65. The highest BCUT2D eigenvalue weighted by atomic mass is 16.5. The Kier molecular flexibility index (Phi) is 6.57. The third kappa shape index (κ3) is 5.08. The number of hydrogen-bond acceptors (Lipinski definition) is 6. The van der Waals surface area contributed by atoms with Crippen molar-refractivity contribution >= 4 is 17.7 Å². The molecule has 3 heterocycles. The summed E-state index contributed by atoms with van der Waals surface area (Å²) in [4.78, 5) is 26.4. The van der Waals surface area contributed by atoms with Crippen LogP contribution in [-0.4, -0.2) is 45.4 Å². The van der Waals surface area contributed by atoms with E-state index in [4.69, 9.17) is 19.7 Å². The number of rotatable bonds is 5. The fourth-order valence-corrected chi connectivity index (χ4v) is 4.76. The van der Waals surface area contributed by atoms with E-state index >= 15 is 0 Å². The van der Waals surface area contributed by atoms with E-state index in [9.17, 15) is 9.59 Å². The minimum Gasteiger partial charge on any atom is -0.493 e. The average molecular weight is 479 g/mol. The van der Waals surface area contributed by atoms with Gasteiger partial charge in [0.1, 0.15) is 6.61 Å². The molecule has 1 aromatic carbocycles. The number of ether oxygens (including phenoxy) is 2. The number of carbonyl (C=O) groups is 2. The van der Waals surface area contributed by atoms with Gasteiger partial charge in [-0.1, -0.05) is 25.3 Å². The van der Waals surface area contributed by atoms with Gasteiger partial charge in [-0.2, -0.15) is 5.10 Å². The van der Waals surface area contributed by atoms with Crippen LogP contribution in [-0.2, 0) is 11.3 Å². The number of methoxy groups -OCH3 is 1. The topological polar surface area (TPSA) is 115 Å². The zero-order valence-corrected chi connectivity index (χ0v) is 19.8. The Morgan fingerprint density at radius 1 is 1.17 bits per heavy atom. The van der Waals surface area contributed by atoms with Crippen molar-refractivity contribution in [3.05, 3.63) is 47.3 Å². The van der Waals surface area contributed by atoms with Crippen molar-refractivity contribution in [3.63, 3.8) is 0 Å². The number of benzene rings is 1. The quantitative estimate of drug-likeness (QED) is 0.507. The van der Waals surface area contributed by atoms with Crippen LogP contribution in [0.3, 0.4) is 0 Å². The van der Waals surface area contributed by atoms with Crippen LogP contribution in [0.15, 0.2) is 30.3 Å². The minimum absolute atomic E-state index is 0.256. The summed E-state index contributed by atoms with van der Waals surface area (Å²) in [5.74, 6) is 2.39. The molecular formula is C26H30N4O5. The Morgan fingerprint density at radius 3 is 2.69 bits per heavy atom. The van der Waals surface area contributed by atoms with Gasteiger partial charge in [0.15, 0.2) is 17.2 Å². The Labute approximate surface area is 203 Å². The van der Waals surface area contributed by atoms with Gasteiger partial charge in [0.05, 0.1) is 18.4 Å². The van der Waals surface area contributed by atoms with Gasteiger partial charge in [-0.05, 0) is 55.9 Å². The number of pyridine rings is 1. The Hall–Kier alpha value is -3.62. The van der Waals surface area contributed by atoms with Crippen LogP contribution in [0.5, 0.6) is 5.75 Å². The third-order valence-corrected chi connectivity index (χ3v) is 6.87. The summed E-state index contributed by atoms with van der Waals surface area (Å²) >= 11 is 0.